The molecule has 4 aromatic rings. The van der Waals surface area contributed by atoms with E-state index in [1.54, 1.807) is 6.07 Å². The molecule has 0 saturated carbocycles. The summed E-state index contributed by atoms with van der Waals surface area (Å²) in [6, 6.07) is 9.33. The Kier molecular flexibility index (Phi) is 6.04. The highest BCUT2D eigenvalue weighted by atomic mass is 19.2. The first-order chi connectivity index (χ1) is 16.5. The Morgan fingerprint density at radius 1 is 0.429 bits per heavy atom. The Balaban J connectivity index is 2.19. The quantitative estimate of drug-likeness (QED) is 0.124. The highest BCUT2D eigenvalue weighted by molar-refractivity contribution is 5.74. The Bertz CT molecular complexity index is 1350. The third-order valence-electron chi connectivity index (χ3n) is 5.35. The molecule has 3 aromatic carbocycles. The molecule has 0 saturated heterocycles. The monoisotopic (exact) mass is 502 g/mol. The summed E-state index contributed by atoms with van der Waals surface area (Å²) in [5.41, 5.74) is -4.36. The van der Waals surface area contributed by atoms with E-state index in [-0.39, 0.29) is 11.1 Å². The molecular weight excluding hydrogens is 492 g/mol. The average Bonchev–Trinajstić information content (AvgIpc) is 2.86. The first kappa shape index (κ1) is 24.2. The van der Waals surface area contributed by atoms with E-state index >= 15 is 0 Å². The Hall–Kier alpha value is -3.89. The van der Waals surface area contributed by atoms with Crippen LogP contribution in [-0.4, -0.2) is 0 Å². The minimum atomic E-state index is -2.44. The number of aromatic nitrogens is 1. The van der Waals surface area contributed by atoms with Crippen molar-refractivity contribution >= 4 is 0 Å². The highest BCUT2D eigenvalue weighted by Crippen LogP contribution is 2.36. The maximum atomic E-state index is 14.6. The lowest BCUT2D eigenvalue weighted by molar-refractivity contribution is -0.649. The van der Waals surface area contributed by atoms with E-state index in [4.69, 9.17) is 0 Å². The van der Waals surface area contributed by atoms with E-state index in [9.17, 15) is 43.9 Å². The fraction of sp³-hybridized carbons (Fsp3) is 0.0417. The van der Waals surface area contributed by atoms with Crippen LogP contribution in [0.2, 0.25) is 0 Å². The summed E-state index contributed by atoms with van der Waals surface area (Å²) in [5, 5.41) is 0. The highest BCUT2D eigenvalue weighted by Gasteiger charge is 2.35. The van der Waals surface area contributed by atoms with Gasteiger partial charge in [-0.2, -0.15) is 4.57 Å². The molecule has 0 radical (unpaired) electrons. The molecule has 0 aliphatic rings. The van der Waals surface area contributed by atoms with E-state index in [1.165, 1.54) is 24.3 Å². The predicted octanol–water partition coefficient (Wildman–Crippen LogP) is 6.90. The van der Waals surface area contributed by atoms with E-state index in [2.05, 4.69) is 0 Å². The van der Waals surface area contributed by atoms with Gasteiger partial charge in [0.25, 0.3) is 0 Å². The van der Waals surface area contributed by atoms with Gasteiger partial charge in [-0.3, -0.25) is 0 Å². The molecule has 0 fully saturated rings. The summed E-state index contributed by atoms with van der Waals surface area (Å²) in [7, 11) is 0.898. The summed E-state index contributed by atoms with van der Waals surface area (Å²) < 4.78 is 142. The Labute approximate surface area is 190 Å². The van der Waals surface area contributed by atoms with Gasteiger partial charge in [0.15, 0.2) is 46.5 Å². The molecule has 1 nitrogen and oxygen atoms in total. The van der Waals surface area contributed by atoms with Crippen molar-refractivity contribution in [1.29, 1.82) is 0 Å². The molecule has 11 heteroatoms. The zero-order valence-corrected chi connectivity index (χ0v) is 17.3. The van der Waals surface area contributed by atoms with Gasteiger partial charge in [0.1, 0.15) is 18.2 Å². The van der Waals surface area contributed by atoms with E-state index in [1.807, 2.05) is 0 Å². The molecule has 0 aliphatic carbocycles. The molecule has 0 unspecified atom stereocenters. The van der Waals surface area contributed by atoms with Gasteiger partial charge in [-0.1, -0.05) is 30.3 Å². The lowest BCUT2D eigenvalue weighted by Crippen LogP contribution is -2.36. The van der Waals surface area contributed by atoms with Gasteiger partial charge >= 0.3 is 0 Å². The normalized spacial score (nSPS) is 11.3. The van der Waals surface area contributed by atoms with Crippen LogP contribution in [0, 0.1) is 58.2 Å². The maximum Gasteiger partial charge on any atom is 0.219 e. The average molecular weight is 502 g/mol. The predicted molar refractivity (Wildman–Crippen MR) is 104 cm³/mol. The summed E-state index contributed by atoms with van der Waals surface area (Å²) in [6.07, 6.45) is 0. The van der Waals surface area contributed by atoms with Crippen molar-refractivity contribution in [2.45, 2.75) is 0 Å². The summed E-state index contributed by atoms with van der Waals surface area (Å²) in [5.74, 6) is -23.1. The van der Waals surface area contributed by atoms with Gasteiger partial charge < -0.3 is 0 Å². The second kappa shape index (κ2) is 8.71. The first-order valence-electron chi connectivity index (χ1n) is 9.60. The summed E-state index contributed by atoms with van der Waals surface area (Å²) in [4.78, 5) is 0. The van der Waals surface area contributed by atoms with Crippen LogP contribution in [-0.2, 0) is 7.05 Å². The number of nitrogens with zero attached hydrogens (tertiary/aromatic N) is 1. The largest absolute Gasteiger partial charge is 0.219 e. The molecule has 0 spiro atoms. The van der Waals surface area contributed by atoms with Crippen LogP contribution in [0.4, 0.5) is 43.9 Å². The van der Waals surface area contributed by atoms with Crippen molar-refractivity contribution in [3.8, 4) is 33.6 Å². The summed E-state index contributed by atoms with van der Waals surface area (Å²) >= 11 is 0. The number of benzene rings is 3. The van der Waals surface area contributed by atoms with Crippen LogP contribution < -0.4 is 4.57 Å². The molecule has 35 heavy (non-hydrogen) atoms. The van der Waals surface area contributed by atoms with Gasteiger partial charge in [-0.15, -0.1) is 0 Å². The third kappa shape index (κ3) is 3.71. The zero-order chi connectivity index (χ0) is 25.8. The van der Waals surface area contributed by atoms with E-state index in [0.717, 1.165) is 19.2 Å². The molecular formula is C24H10F10N+. The fourth-order valence-electron chi connectivity index (χ4n) is 3.60. The van der Waals surface area contributed by atoms with Crippen LogP contribution in [0.1, 0.15) is 0 Å². The van der Waals surface area contributed by atoms with Gasteiger partial charge in [0, 0.05) is 12.1 Å². The van der Waals surface area contributed by atoms with Crippen LogP contribution >= 0.6 is 0 Å². The van der Waals surface area contributed by atoms with Gasteiger partial charge in [0.2, 0.25) is 23.0 Å². The molecule has 1 heterocycles. The number of rotatable bonds is 3. The van der Waals surface area contributed by atoms with Gasteiger partial charge in [-0.25, -0.2) is 43.9 Å². The van der Waals surface area contributed by atoms with Crippen LogP contribution in [0.25, 0.3) is 33.6 Å². The second-order valence-corrected chi connectivity index (χ2v) is 7.33. The Morgan fingerprint density at radius 3 is 1.09 bits per heavy atom. The molecule has 0 aliphatic heterocycles. The standard InChI is InChI=1S/C24H10F10N/c1-35-11(13-15(25)19(29)23(33)20(30)16(13)26)7-10(9-5-3-2-4-6-9)8-12(35)14-17(27)21(31)24(34)22(32)18(14)28/h2-8H,1H3/q+1. The zero-order valence-electron chi connectivity index (χ0n) is 17.3. The van der Waals surface area contributed by atoms with Crippen LogP contribution in [0.3, 0.4) is 0 Å². The van der Waals surface area contributed by atoms with Crippen molar-refractivity contribution < 1.29 is 48.5 Å². The van der Waals surface area contributed by atoms with Gasteiger partial charge in [0.05, 0.1) is 0 Å². The van der Waals surface area contributed by atoms with Crippen LogP contribution in [0.5, 0.6) is 0 Å². The number of pyridine rings is 1. The lowest BCUT2D eigenvalue weighted by atomic mass is 9.98. The molecule has 1 aromatic heterocycles. The lowest BCUT2D eigenvalue weighted by Gasteiger charge is -2.13. The molecule has 0 amide bonds. The van der Waals surface area contributed by atoms with E-state index < -0.39 is 80.7 Å². The van der Waals surface area contributed by atoms with Crippen molar-refractivity contribution in [2.24, 2.45) is 7.05 Å². The minimum Gasteiger partial charge on any atom is -0.203 e. The van der Waals surface area contributed by atoms with E-state index in [0.29, 0.717) is 4.57 Å². The first-order valence-corrected chi connectivity index (χ1v) is 9.60. The number of hydrogen-bond acceptors (Lipinski definition) is 0. The van der Waals surface area contributed by atoms with Crippen molar-refractivity contribution in [2.75, 3.05) is 0 Å². The molecule has 180 valence electrons. The topological polar surface area (TPSA) is 3.88 Å². The number of halogens is 10. The molecule has 0 N–H and O–H groups in total. The summed E-state index contributed by atoms with van der Waals surface area (Å²) in [6.45, 7) is 0. The molecule has 0 atom stereocenters. The SMILES string of the molecule is C[n+]1c(-c2c(F)c(F)c(F)c(F)c2F)cc(-c2ccccc2)cc1-c1c(F)c(F)c(F)c(F)c1F. The van der Waals surface area contributed by atoms with Gasteiger partial charge in [-0.05, 0) is 11.1 Å². The molecule has 4 rings (SSSR count). The number of hydrogen-bond donors (Lipinski definition) is 0. The third-order valence-corrected chi connectivity index (χ3v) is 5.35. The van der Waals surface area contributed by atoms with Crippen molar-refractivity contribution in [3.05, 3.63) is 101 Å². The smallest absolute Gasteiger partial charge is 0.203 e. The van der Waals surface area contributed by atoms with Crippen molar-refractivity contribution in [3.63, 3.8) is 0 Å². The van der Waals surface area contributed by atoms with Crippen molar-refractivity contribution in [1.82, 2.24) is 0 Å². The maximum absolute atomic E-state index is 14.6. The minimum absolute atomic E-state index is 0.0819. The Morgan fingerprint density at radius 2 is 0.743 bits per heavy atom. The fourth-order valence-corrected chi connectivity index (χ4v) is 3.60. The molecule has 0 bridgehead atoms. The second-order valence-electron chi connectivity index (χ2n) is 7.33. The van der Waals surface area contributed by atoms with Crippen LogP contribution in [0.15, 0.2) is 42.5 Å².